The van der Waals surface area contributed by atoms with E-state index in [0.717, 1.165) is 31.4 Å². The predicted octanol–water partition coefficient (Wildman–Crippen LogP) is 2.64. The van der Waals surface area contributed by atoms with Crippen molar-refractivity contribution in [1.82, 2.24) is 9.88 Å². The molecule has 1 aromatic carbocycles. The van der Waals surface area contributed by atoms with Crippen LogP contribution >= 0.6 is 0 Å². The third-order valence-electron chi connectivity index (χ3n) is 4.74. The molecule has 0 aliphatic carbocycles. The van der Waals surface area contributed by atoms with Gasteiger partial charge in [-0.1, -0.05) is 18.2 Å². The second kappa shape index (κ2) is 7.37. The number of benzene rings is 1. The summed E-state index contributed by atoms with van der Waals surface area (Å²) in [6.07, 6.45) is 4.55. The number of rotatable bonds is 4. The van der Waals surface area contributed by atoms with Crippen molar-refractivity contribution in [3.8, 4) is 11.5 Å². The quantitative estimate of drug-likeness (QED) is 0.855. The molecular weight excluding hydrogens is 320 g/mol. The number of ether oxygens (including phenoxy) is 2. The average molecular weight is 342 g/mol. The molecule has 4 rings (SSSR count). The van der Waals surface area contributed by atoms with Crippen molar-refractivity contribution in [2.24, 2.45) is 0 Å². The van der Waals surface area contributed by atoms with Crippen LogP contribution in [0.3, 0.4) is 0 Å². The molecule has 1 atom stereocenters. The molecule has 6 nitrogen and oxygen atoms in total. The van der Waals surface area contributed by atoms with Gasteiger partial charge in [0.1, 0.15) is 6.26 Å². The van der Waals surface area contributed by atoms with Gasteiger partial charge in [-0.05, 0) is 31.4 Å². The Hall–Kier alpha value is -2.18. The zero-order chi connectivity index (χ0) is 17.1. The number of amides is 1. The molecule has 0 N–H and O–H groups in total. The van der Waals surface area contributed by atoms with E-state index >= 15 is 0 Å². The number of carbonyl (C=O) groups excluding carboxylic acids is 1. The number of aromatic nitrogens is 1. The van der Waals surface area contributed by atoms with Crippen LogP contribution in [0.25, 0.3) is 11.5 Å². The summed E-state index contributed by atoms with van der Waals surface area (Å²) >= 11 is 0. The first-order chi connectivity index (χ1) is 12.3. The van der Waals surface area contributed by atoms with Crippen LogP contribution in [-0.2, 0) is 20.7 Å². The highest BCUT2D eigenvalue weighted by Gasteiger charge is 2.36. The van der Waals surface area contributed by atoms with Gasteiger partial charge in [-0.15, -0.1) is 0 Å². The zero-order valence-electron chi connectivity index (χ0n) is 14.1. The van der Waals surface area contributed by atoms with Crippen LogP contribution in [0.5, 0.6) is 0 Å². The third kappa shape index (κ3) is 3.60. The van der Waals surface area contributed by atoms with Crippen molar-refractivity contribution in [2.45, 2.75) is 38.0 Å². The number of carbonyl (C=O) groups is 1. The first-order valence-electron chi connectivity index (χ1n) is 8.84. The lowest BCUT2D eigenvalue weighted by Gasteiger charge is -2.37. The van der Waals surface area contributed by atoms with Crippen LogP contribution < -0.4 is 0 Å². The third-order valence-corrected chi connectivity index (χ3v) is 4.74. The molecule has 2 fully saturated rings. The van der Waals surface area contributed by atoms with Crippen LogP contribution in [-0.4, -0.2) is 47.9 Å². The SMILES string of the molecule is O=C(Cc1coc(-c2ccccc2)n1)N1CCCC[C@H]1C1OCCO1. The summed E-state index contributed by atoms with van der Waals surface area (Å²) < 4.78 is 16.8. The van der Waals surface area contributed by atoms with Gasteiger partial charge in [-0.2, -0.15) is 0 Å². The van der Waals surface area contributed by atoms with Crippen molar-refractivity contribution in [1.29, 1.82) is 0 Å². The maximum absolute atomic E-state index is 12.8. The lowest BCUT2D eigenvalue weighted by Crippen LogP contribution is -2.50. The Morgan fingerprint density at radius 1 is 1.16 bits per heavy atom. The van der Waals surface area contributed by atoms with Gasteiger partial charge >= 0.3 is 0 Å². The van der Waals surface area contributed by atoms with E-state index in [2.05, 4.69) is 4.98 Å². The highest BCUT2D eigenvalue weighted by molar-refractivity contribution is 5.79. The van der Waals surface area contributed by atoms with Crippen molar-refractivity contribution < 1.29 is 18.7 Å². The summed E-state index contributed by atoms with van der Waals surface area (Å²) in [5, 5.41) is 0. The zero-order valence-corrected chi connectivity index (χ0v) is 14.1. The van der Waals surface area contributed by atoms with Crippen LogP contribution in [0.1, 0.15) is 25.0 Å². The van der Waals surface area contributed by atoms with Crippen molar-refractivity contribution in [2.75, 3.05) is 19.8 Å². The van der Waals surface area contributed by atoms with Gasteiger partial charge in [0, 0.05) is 12.1 Å². The lowest BCUT2D eigenvalue weighted by molar-refractivity contribution is -0.150. The number of piperidine rings is 1. The Kier molecular flexibility index (Phi) is 4.81. The number of likely N-dealkylation sites (tertiary alicyclic amines) is 1. The predicted molar refractivity (Wildman–Crippen MR) is 90.7 cm³/mol. The maximum atomic E-state index is 12.8. The minimum atomic E-state index is -0.290. The van der Waals surface area contributed by atoms with E-state index in [1.54, 1.807) is 6.26 Å². The summed E-state index contributed by atoms with van der Waals surface area (Å²) in [6.45, 7) is 1.95. The molecule has 1 aromatic heterocycles. The fourth-order valence-corrected chi connectivity index (χ4v) is 3.51. The molecular formula is C19H22N2O4. The highest BCUT2D eigenvalue weighted by atomic mass is 16.7. The van der Waals surface area contributed by atoms with Crippen molar-refractivity contribution in [3.05, 3.63) is 42.3 Å². The molecule has 1 amide bonds. The minimum Gasteiger partial charge on any atom is -0.444 e. The van der Waals surface area contributed by atoms with Crippen LogP contribution in [0.15, 0.2) is 41.0 Å². The normalized spacial score (nSPS) is 21.6. The fourth-order valence-electron chi connectivity index (χ4n) is 3.51. The number of nitrogens with zero attached hydrogens (tertiary/aromatic N) is 2. The van der Waals surface area contributed by atoms with E-state index < -0.39 is 0 Å². The van der Waals surface area contributed by atoms with Crippen LogP contribution in [0, 0.1) is 0 Å². The molecule has 2 saturated heterocycles. The molecule has 0 saturated carbocycles. The monoisotopic (exact) mass is 342 g/mol. The summed E-state index contributed by atoms with van der Waals surface area (Å²) in [5.74, 6) is 0.595. The van der Waals surface area contributed by atoms with Crippen LogP contribution in [0.4, 0.5) is 0 Å². The van der Waals surface area contributed by atoms with Gasteiger partial charge in [0.25, 0.3) is 0 Å². The van der Waals surface area contributed by atoms with Crippen molar-refractivity contribution >= 4 is 5.91 Å². The molecule has 132 valence electrons. The molecule has 25 heavy (non-hydrogen) atoms. The average Bonchev–Trinajstić information content (AvgIpc) is 3.34. The molecule has 2 aliphatic heterocycles. The smallest absolute Gasteiger partial charge is 0.229 e. The molecule has 3 heterocycles. The number of oxazole rings is 1. The fraction of sp³-hybridized carbons (Fsp3) is 0.474. The lowest BCUT2D eigenvalue weighted by atomic mass is 10.0. The second-order valence-electron chi connectivity index (χ2n) is 6.45. The molecule has 0 spiro atoms. The Morgan fingerprint density at radius 3 is 2.76 bits per heavy atom. The number of hydrogen-bond donors (Lipinski definition) is 0. The minimum absolute atomic E-state index is 0.00393. The van der Waals surface area contributed by atoms with Crippen LogP contribution in [0.2, 0.25) is 0 Å². The van der Waals surface area contributed by atoms with Gasteiger partial charge in [0.2, 0.25) is 11.8 Å². The molecule has 2 aromatic rings. The number of hydrogen-bond acceptors (Lipinski definition) is 5. The van der Waals surface area contributed by atoms with Gasteiger partial charge < -0.3 is 18.8 Å². The van der Waals surface area contributed by atoms with E-state index in [1.165, 1.54) is 0 Å². The molecule has 6 heteroatoms. The van der Waals surface area contributed by atoms with Gasteiger partial charge in [-0.25, -0.2) is 4.98 Å². The van der Waals surface area contributed by atoms with E-state index in [1.807, 2.05) is 35.2 Å². The summed E-state index contributed by atoms with van der Waals surface area (Å²) in [7, 11) is 0. The molecule has 0 unspecified atom stereocenters. The molecule has 0 bridgehead atoms. The highest BCUT2D eigenvalue weighted by Crippen LogP contribution is 2.25. The van der Waals surface area contributed by atoms with Gasteiger partial charge in [-0.3, -0.25) is 4.79 Å². The standard InChI is InChI=1S/C19H22N2O4/c22-17(21-9-5-4-8-16(21)19-23-10-11-24-19)12-15-13-25-18(20-15)14-6-2-1-3-7-14/h1-3,6-7,13,16,19H,4-5,8-12H2/t16-/m0/s1. The molecule has 2 aliphatic rings. The van der Waals surface area contributed by atoms with Gasteiger partial charge in [0.05, 0.1) is 31.4 Å². The van der Waals surface area contributed by atoms with E-state index in [4.69, 9.17) is 13.9 Å². The van der Waals surface area contributed by atoms with E-state index in [-0.39, 0.29) is 24.7 Å². The Labute approximate surface area is 146 Å². The van der Waals surface area contributed by atoms with Crippen molar-refractivity contribution in [3.63, 3.8) is 0 Å². The topological polar surface area (TPSA) is 64.8 Å². The van der Waals surface area contributed by atoms with E-state index in [9.17, 15) is 4.79 Å². The largest absolute Gasteiger partial charge is 0.444 e. The summed E-state index contributed by atoms with van der Waals surface area (Å²) in [4.78, 5) is 19.2. The Bertz CT molecular complexity index is 709. The van der Waals surface area contributed by atoms with E-state index in [0.29, 0.717) is 24.8 Å². The summed E-state index contributed by atoms with van der Waals surface area (Å²) in [6, 6.07) is 9.69. The first-order valence-corrected chi connectivity index (χ1v) is 8.84. The summed E-state index contributed by atoms with van der Waals surface area (Å²) in [5.41, 5.74) is 1.56. The maximum Gasteiger partial charge on any atom is 0.229 e. The van der Waals surface area contributed by atoms with Gasteiger partial charge in [0.15, 0.2) is 6.29 Å². The molecule has 0 radical (unpaired) electrons. The first kappa shape index (κ1) is 16.3. The Balaban J connectivity index is 1.44. The second-order valence-corrected chi connectivity index (χ2v) is 6.45. The Morgan fingerprint density at radius 2 is 1.96 bits per heavy atom.